The Morgan fingerprint density at radius 1 is 1.03 bits per heavy atom. The van der Waals surface area contributed by atoms with Crippen molar-refractivity contribution in [2.75, 3.05) is 0 Å². The van der Waals surface area contributed by atoms with Crippen LogP contribution < -0.4 is 10.2 Å². The molecular formula is C24H22BrClN2O2. The third-order valence-electron chi connectivity index (χ3n) is 4.46. The molecule has 0 heterocycles. The van der Waals surface area contributed by atoms with Crippen molar-refractivity contribution in [3.63, 3.8) is 0 Å². The number of carbonyl (C=O) groups is 1. The maximum Gasteiger partial charge on any atom is 0.244 e. The van der Waals surface area contributed by atoms with Gasteiger partial charge in [-0.1, -0.05) is 54.9 Å². The summed E-state index contributed by atoms with van der Waals surface area (Å²) in [6.07, 6.45) is 2.88. The van der Waals surface area contributed by atoms with Crippen LogP contribution in [0.5, 0.6) is 5.75 Å². The zero-order chi connectivity index (χ0) is 21.3. The van der Waals surface area contributed by atoms with Gasteiger partial charge in [-0.05, 0) is 74.9 Å². The first-order valence-corrected chi connectivity index (χ1v) is 10.8. The standard InChI is InChI=1S/C24H22BrClN2O2/c1-2-17-3-5-18(6-4-17)14-24(29)28-27-15-20-9-12-23(22(25)13-20)30-16-19-7-10-21(26)11-8-19/h3-13,15H,2,14,16H2,1H3,(H,28,29)/b27-15+. The second-order valence-corrected chi connectivity index (χ2v) is 8.04. The largest absolute Gasteiger partial charge is 0.488 e. The van der Waals surface area contributed by atoms with E-state index in [1.54, 1.807) is 6.21 Å². The molecule has 6 heteroatoms. The fourth-order valence-corrected chi connectivity index (χ4v) is 3.39. The van der Waals surface area contributed by atoms with Crippen molar-refractivity contribution in [3.8, 4) is 5.75 Å². The molecule has 3 aromatic carbocycles. The summed E-state index contributed by atoms with van der Waals surface area (Å²) in [5.41, 5.74) is 6.66. The van der Waals surface area contributed by atoms with E-state index in [9.17, 15) is 4.79 Å². The Balaban J connectivity index is 1.50. The molecule has 154 valence electrons. The average molecular weight is 486 g/mol. The van der Waals surface area contributed by atoms with Crippen LogP contribution in [0.25, 0.3) is 0 Å². The molecule has 3 rings (SSSR count). The first kappa shape index (κ1) is 22.1. The van der Waals surface area contributed by atoms with Gasteiger partial charge in [0, 0.05) is 5.02 Å². The number of hydrogen-bond donors (Lipinski definition) is 1. The molecule has 0 saturated carbocycles. The van der Waals surface area contributed by atoms with Crippen molar-refractivity contribution in [1.29, 1.82) is 0 Å². The number of benzene rings is 3. The molecule has 0 saturated heterocycles. The number of halogens is 2. The van der Waals surface area contributed by atoms with E-state index in [-0.39, 0.29) is 5.91 Å². The molecule has 0 atom stereocenters. The van der Waals surface area contributed by atoms with Gasteiger partial charge in [0.05, 0.1) is 17.1 Å². The highest BCUT2D eigenvalue weighted by molar-refractivity contribution is 9.10. The first-order chi connectivity index (χ1) is 14.5. The molecule has 0 spiro atoms. The predicted molar refractivity (Wildman–Crippen MR) is 125 cm³/mol. The summed E-state index contributed by atoms with van der Waals surface area (Å²) in [5, 5.41) is 4.74. The topological polar surface area (TPSA) is 50.7 Å². The Morgan fingerprint density at radius 3 is 2.37 bits per heavy atom. The number of ether oxygens (including phenoxy) is 1. The number of nitrogens with one attached hydrogen (secondary N) is 1. The van der Waals surface area contributed by atoms with Gasteiger partial charge in [-0.25, -0.2) is 5.43 Å². The van der Waals surface area contributed by atoms with Crippen molar-refractivity contribution in [2.45, 2.75) is 26.4 Å². The summed E-state index contributed by atoms with van der Waals surface area (Å²) in [5.74, 6) is 0.569. The fourth-order valence-electron chi connectivity index (χ4n) is 2.75. The molecule has 0 aliphatic carbocycles. The zero-order valence-corrected chi connectivity index (χ0v) is 18.9. The monoisotopic (exact) mass is 484 g/mol. The van der Waals surface area contributed by atoms with Crippen LogP contribution in [0.4, 0.5) is 0 Å². The number of carbonyl (C=O) groups excluding carboxylic acids is 1. The molecule has 0 radical (unpaired) electrons. The lowest BCUT2D eigenvalue weighted by Crippen LogP contribution is -2.19. The highest BCUT2D eigenvalue weighted by Crippen LogP contribution is 2.26. The normalized spacial score (nSPS) is 10.9. The molecule has 0 fully saturated rings. The van der Waals surface area contributed by atoms with E-state index in [0.29, 0.717) is 18.1 Å². The van der Waals surface area contributed by atoms with Gasteiger partial charge < -0.3 is 4.74 Å². The highest BCUT2D eigenvalue weighted by atomic mass is 79.9. The van der Waals surface area contributed by atoms with E-state index in [1.807, 2.05) is 66.7 Å². The lowest BCUT2D eigenvalue weighted by atomic mass is 10.1. The lowest BCUT2D eigenvalue weighted by molar-refractivity contribution is -0.120. The average Bonchev–Trinajstić information content (AvgIpc) is 2.75. The van der Waals surface area contributed by atoms with Crippen LogP contribution in [-0.4, -0.2) is 12.1 Å². The zero-order valence-electron chi connectivity index (χ0n) is 16.6. The molecule has 0 aliphatic rings. The quantitative estimate of drug-likeness (QED) is 0.317. The molecule has 0 aliphatic heterocycles. The molecule has 3 aromatic rings. The molecule has 0 bridgehead atoms. The van der Waals surface area contributed by atoms with Crippen LogP contribution >= 0.6 is 27.5 Å². The second kappa shape index (κ2) is 11.0. The summed E-state index contributed by atoms with van der Waals surface area (Å²) < 4.78 is 6.65. The van der Waals surface area contributed by atoms with Crippen LogP contribution in [0, 0.1) is 0 Å². The Morgan fingerprint density at radius 2 is 1.70 bits per heavy atom. The van der Waals surface area contributed by atoms with E-state index in [2.05, 4.69) is 33.4 Å². The summed E-state index contributed by atoms with van der Waals surface area (Å²) in [6.45, 7) is 2.55. The Hall–Kier alpha value is -2.63. The van der Waals surface area contributed by atoms with E-state index >= 15 is 0 Å². The highest BCUT2D eigenvalue weighted by Gasteiger charge is 2.04. The Bertz CT molecular complexity index is 1020. The van der Waals surface area contributed by atoms with E-state index < -0.39 is 0 Å². The minimum absolute atomic E-state index is 0.155. The van der Waals surface area contributed by atoms with Gasteiger partial charge in [0.1, 0.15) is 12.4 Å². The van der Waals surface area contributed by atoms with Crippen molar-refractivity contribution in [3.05, 3.63) is 98.5 Å². The number of amides is 1. The van der Waals surface area contributed by atoms with Crippen molar-refractivity contribution in [1.82, 2.24) is 5.43 Å². The summed E-state index contributed by atoms with van der Waals surface area (Å²) in [4.78, 5) is 12.1. The van der Waals surface area contributed by atoms with Crippen LogP contribution in [0.2, 0.25) is 5.02 Å². The van der Waals surface area contributed by atoms with Crippen LogP contribution in [-0.2, 0) is 24.2 Å². The van der Waals surface area contributed by atoms with Crippen LogP contribution in [0.3, 0.4) is 0 Å². The predicted octanol–water partition coefficient (Wildman–Crippen LogP) is 5.94. The van der Waals surface area contributed by atoms with Gasteiger partial charge in [-0.2, -0.15) is 5.10 Å². The van der Waals surface area contributed by atoms with Gasteiger partial charge >= 0.3 is 0 Å². The fraction of sp³-hybridized carbons (Fsp3) is 0.167. The number of rotatable bonds is 8. The van der Waals surface area contributed by atoms with Crippen molar-refractivity contribution >= 4 is 39.7 Å². The van der Waals surface area contributed by atoms with E-state index in [4.69, 9.17) is 16.3 Å². The number of hydrazone groups is 1. The molecule has 1 N–H and O–H groups in total. The van der Waals surface area contributed by atoms with Crippen LogP contribution in [0.1, 0.15) is 29.2 Å². The third-order valence-corrected chi connectivity index (χ3v) is 5.33. The SMILES string of the molecule is CCc1ccc(CC(=O)N/N=C/c2ccc(OCc3ccc(Cl)cc3)c(Br)c2)cc1. The number of hydrogen-bond acceptors (Lipinski definition) is 3. The Labute approximate surface area is 190 Å². The van der Waals surface area contributed by atoms with Gasteiger partial charge in [0.2, 0.25) is 5.91 Å². The molecular weight excluding hydrogens is 464 g/mol. The molecule has 0 aromatic heterocycles. The number of nitrogens with zero attached hydrogens (tertiary/aromatic N) is 1. The van der Waals surface area contributed by atoms with E-state index in [1.165, 1.54) is 5.56 Å². The smallest absolute Gasteiger partial charge is 0.244 e. The Kier molecular flexibility index (Phi) is 8.05. The minimum Gasteiger partial charge on any atom is -0.488 e. The minimum atomic E-state index is -0.155. The summed E-state index contributed by atoms with van der Waals surface area (Å²) in [7, 11) is 0. The van der Waals surface area contributed by atoms with Gasteiger partial charge in [-0.3, -0.25) is 4.79 Å². The van der Waals surface area contributed by atoms with Gasteiger partial charge in [0.15, 0.2) is 0 Å². The third kappa shape index (κ3) is 6.71. The van der Waals surface area contributed by atoms with Crippen molar-refractivity contribution < 1.29 is 9.53 Å². The maximum absolute atomic E-state index is 12.1. The van der Waals surface area contributed by atoms with Gasteiger partial charge in [-0.15, -0.1) is 0 Å². The molecule has 0 unspecified atom stereocenters. The summed E-state index contributed by atoms with van der Waals surface area (Å²) >= 11 is 9.41. The van der Waals surface area contributed by atoms with E-state index in [0.717, 1.165) is 33.3 Å². The van der Waals surface area contributed by atoms with Crippen molar-refractivity contribution in [2.24, 2.45) is 5.10 Å². The number of aryl methyl sites for hydroxylation is 1. The summed E-state index contributed by atoms with van der Waals surface area (Å²) in [6, 6.07) is 21.2. The first-order valence-electron chi connectivity index (χ1n) is 9.60. The molecule has 4 nitrogen and oxygen atoms in total. The lowest BCUT2D eigenvalue weighted by Gasteiger charge is -2.09. The maximum atomic E-state index is 12.1. The molecule has 1 amide bonds. The van der Waals surface area contributed by atoms with Gasteiger partial charge in [0.25, 0.3) is 0 Å². The molecule has 30 heavy (non-hydrogen) atoms. The second-order valence-electron chi connectivity index (χ2n) is 6.75. The van der Waals surface area contributed by atoms with Crippen LogP contribution in [0.15, 0.2) is 76.3 Å².